The fourth-order valence-corrected chi connectivity index (χ4v) is 3.19. The molecule has 0 saturated carbocycles. The summed E-state index contributed by atoms with van der Waals surface area (Å²) in [5.74, 6) is -0.454. The first-order chi connectivity index (χ1) is 13.9. The lowest BCUT2D eigenvalue weighted by molar-refractivity contribution is -0.116. The van der Waals surface area contributed by atoms with Gasteiger partial charge in [-0.2, -0.15) is 5.10 Å². The molecule has 1 amide bonds. The van der Waals surface area contributed by atoms with Gasteiger partial charge in [0.1, 0.15) is 15.5 Å². The fraction of sp³-hybridized carbons (Fsp3) is 0.190. The van der Waals surface area contributed by atoms with Crippen LogP contribution in [0.1, 0.15) is 11.1 Å². The van der Waals surface area contributed by atoms with Crippen LogP contribution in [0.3, 0.4) is 0 Å². The second kappa shape index (κ2) is 9.29. The molecule has 150 valence electrons. The van der Waals surface area contributed by atoms with E-state index in [4.69, 9.17) is 0 Å². The first-order valence-electron chi connectivity index (χ1n) is 9.06. The van der Waals surface area contributed by atoms with Crippen LogP contribution in [-0.4, -0.2) is 47.6 Å². The van der Waals surface area contributed by atoms with Crippen molar-refractivity contribution in [2.75, 3.05) is 18.6 Å². The van der Waals surface area contributed by atoms with Crippen molar-refractivity contribution < 1.29 is 13.2 Å². The van der Waals surface area contributed by atoms with Crippen molar-refractivity contribution in [1.29, 1.82) is 0 Å². The molecule has 0 saturated heterocycles. The van der Waals surface area contributed by atoms with Crippen LogP contribution in [0.25, 0.3) is 17.3 Å². The number of hydrogen-bond acceptors (Lipinski definition) is 5. The molecule has 0 spiro atoms. The lowest BCUT2D eigenvalue weighted by atomic mass is 10.1. The molecule has 0 aliphatic carbocycles. The van der Waals surface area contributed by atoms with E-state index in [-0.39, 0.29) is 18.2 Å². The van der Waals surface area contributed by atoms with E-state index in [9.17, 15) is 13.2 Å². The van der Waals surface area contributed by atoms with Gasteiger partial charge in [-0.25, -0.2) is 8.42 Å². The van der Waals surface area contributed by atoms with Crippen LogP contribution in [0.15, 0.2) is 67.1 Å². The Morgan fingerprint density at radius 3 is 2.66 bits per heavy atom. The highest BCUT2D eigenvalue weighted by molar-refractivity contribution is 7.90. The van der Waals surface area contributed by atoms with Crippen molar-refractivity contribution in [2.24, 2.45) is 0 Å². The summed E-state index contributed by atoms with van der Waals surface area (Å²) in [6.45, 7) is 0.674. The number of sulfone groups is 1. The summed E-state index contributed by atoms with van der Waals surface area (Å²) in [5.41, 5.74) is 3.44. The third-order valence-corrected chi connectivity index (χ3v) is 5.04. The molecule has 7 nitrogen and oxygen atoms in total. The van der Waals surface area contributed by atoms with E-state index in [1.807, 2.05) is 53.3 Å². The minimum absolute atomic E-state index is 0.0741. The van der Waals surface area contributed by atoms with E-state index in [1.165, 1.54) is 6.08 Å². The van der Waals surface area contributed by atoms with Crippen LogP contribution in [0, 0.1) is 0 Å². The molecule has 0 unspecified atom stereocenters. The van der Waals surface area contributed by atoms with Gasteiger partial charge in [0, 0.05) is 48.6 Å². The summed E-state index contributed by atoms with van der Waals surface area (Å²) in [4.78, 5) is 16.2. The van der Waals surface area contributed by atoms with E-state index in [0.717, 1.165) is 22.9 Å². The standard InChI is InChI=1S/C21H22N4O3S/c1-29(27,28)13-12-23-20(26)10-9-19-16-25(15-17-6-3-2-4-7-17)24-21(19)18-8-5-11-22-14-18/h2-11,14,16H,12-13,15H2,1H3,(H,23,26)/b10-9+. The molecular formula is C21H22N4O3S. The molecule has 1 aromatic carbocycles. The lowest BCUT2D eigenvalue weighted by Gasteiger charge is -2.01. The number of aromatic nitrogens is 3. The number of carbonyl (C=O) groups excluding carboxylic acids is 1. The largest absolute Gasteiger partial charge is 0.352 e. The lowest BCUT2D eigenvalue weighted by Crippen LogP contribution is -2.27. The molecule has 0 atom stereocenters. The predicted octanol–water partition coefficient (Wildman–Crippen LogP) is 2.17. The summed E-state index contributed by atoms with van der Waals surface area (Å²) in [5, 5.41) is 7.23. The number of benzene rings is 1. The Hall–Kier alpha value is -3.26. The van der Waals surface area contributed by atoms with Crippen LogP contribution in [0.2, 0.25) is 0 Å². The normalized spacial score (nSPS) is 11.6. The molecule has 2 heterocycles. The van der Waals surface area contributed by atoms with Crippen molar-refractivity contribution in [2.45, 2.75) is 6.54 Å². The number of carbonyl (C=O) groups is 1. The van der Waals surface area contributed by atoms with Gasteiger partial charge in [-0.15, -0.1) is 0 Å². The van der Waals surface area contributed by atoms with Gasteiger partial charge in [0.05, 0.1) is 12.3 Å². The average molecular weight is 410 g/mol. The highest BCUT2D eigenvalue weighted by atomic mass is 32.2. The fourth-order valence-electron chi connectivity index (χ4n) is 2.72. The Morgan fingerprint density at radius 1 is 1.17 bits per heavy atom. The van der Waals surface area contributed by atoms with Crippen LogP contribution < -0.4 is 5.32 Å². The number of amides is 1. The Kier molecular flexibility index (Phi) is 6.56. The summed E-state index contributed by atoms with van der Waals surface area (Å²) >= 11 is 0. The maximum atomic E-state index is 12.0. The molecule has 0 radical (unpaired) electrons. The minimum atomic E-state index is -3.12. The Morgan fingerprint density at radius 2 is 1.97 bits per heavy atom. The van der Waals surface area contributed by atoms with Crippen LogP contribution >= 0.6 is 0 Å². The van der Waals surface area contributed by atoms with Crippen LogP contribution in [0.4, 0.5) is 0 Å². The molecule has 1 N–H and O–H groups in total. The summed E-state index contributed by atoms with van der Waals surface area (Å²) in [6, 6.07) is 13.7. The molecular weight excluding hydrogens is 388 g/mol. The van der Waals surface area contributed by atoms with Crippen molar-refractivity contribution in [3.05, 3.63) is 78.3 Å². The SMILES string of the molecule is CS(=O)(=O)CCNC(=O)/C=C/c1cn(Cc2ccccc2)nc1-c1cccnc1. The maximum absolute atomic E-state index is 12.0. The molecule has 2 aromatic heterocycles. The van der Waals surface area contributed by atoms with Crippen molar-refractivity contribution in [3.8, 4) is 11.3 Å². The number of nitrogens with one attached hydrogen (secondary N) is 1. The zero-order chi connectivity index (χ0) is 20.7. The smallest absolute Gasteiger partial charge is 0.244 e. The first-order valence-corrected chi connectivity index (χ1v) is 11.1. The molecule has 8 heteroatoms. The first kappa shape index (κ1) is 20.5. The van der Waals surface area contributed by atoms with Crippen LogP contribution in [0.5, 0.6) is 0 Å². The molecule has 0 fully saturated rings. The summed E-state index contributed by atoms with van der Waals surface area (Å²) in [7, 11) is -3.12. The number of hydrogen-bond donors (Lipinski definition) is 1. The zero-order valence-corrected chi connectivity index (χ0v) is 16.8. The topological polar surface area (TPSA) is 94.0 Å². The maximum Gasteiger partial charge on any atom is 0.244 e. The second-order valence-electron chi connectivity index (χ2n) is 6.61. The predicted molar refractivity (Wildman–Crippen MR) is 113 cm³/mol. The van der Waals surface area contributed by atoms with Gasteiger partial charge >= 0.3 is 0 Å². The van der Waals surface area contributed by atoms with Crippen LogP contribution in [-0.2, 0) is 21.2 Å². The highest BCUT2D eigenvalue weighted by Crippen LogP contribution is 2.22. The Balaban J connectivity index is 1.79. The van der Waals surface area contributed by atoms with Crippen molar-refractivity contribution in [1.82, 2.24) is 20.1 Å². The third-order valence-electron chi connectivity index (χ3n) is 4.10. The summed E-state index contributed by atoms with van der Waals surface area (Å²) in [6.07, 6.45) is 9.47. The van der Waals surface area contributed by atoms with Gasteiger partial charge in [0.2, 0.25) is 5.91 Å². The minimum Gasteiger partial charge on any atom is -0.352 e. The van der Waals surface area contributed by atoms with Gasteiger partial charge < -0.3 is 5.32 Å². The quantitative estimate of drug-likeness (QED) is 0.575. The Labute approximate surface area is 170 Å². The van der Waals surface area contributed by atoms with Gasteiger partial charge in [0.25, 0.3) is 0 Å². The van der Waals surface area contributed by atoms with Crippen molar-refractivity contribution in [3.63, 3.8) is 0 Å². The third kappa shape index (κ3) is 6.39. The molecule has 3 rings (SSSR count). The molecule has 0 bridgehead atoms. The van der Waals surface area contributed by atoms with E-state index >= 15 is 0 Å². The second-order valence-corrected chi connectivity index (χ2v) is 8.87. The highest BCUT2D eigenvalue weighted by Gasteiger charge is 2.10. The van der Waals surface area contributed by atoms with Gasteiger partial charge in [-0.1, -0.05) is 30.3 Å². The molecule has 0 aliphatic heterocycles. The molecule has 29 heavy (non-hydrogen) atoms. The molecule has 3 aromatic rings. The monoisotopic (exact) mass is 410 g/mol. The van der Waals surface area contributed by atoms with E-state index in [0.29, 0.717) is 12.2 Å². The van der Waals surface area contributed by atoms with Crippen molar-refractivity contribution >= 4 is 21.8 Å². The number of pyridine rings is 1. The van der Waals surface area contributed by atoms with Gasteiger partial charge in [-0.05, 0) is 23.8 Å². The zero-order valence-electron chi connectivity index (χ0n) is 16.0. The molecule has 0 aliphatic rings. The number of rotatable bonds is 8. The number of nitrogens with zero attached hydrogens (tertiary/aromatic N) is 3. The van der Waals surface area contributed by atoms with E-state index in [2.05, 4.69) is 15.4 Å². The van der Waals surface area contributed by atoms with Gasteiger partial charge in [-0.3, -0.25) is 14.5 Å². The Bertz CT molecular complexity index is 1090. The van der Waals surface area contributed by atoms with E-state index < -0.39 is 9.84 Å². The van der Waals surface area contributed by atoms with E-state index in [1.54, 1.807) is 18.5 Å². The summed E-state index contributed by atoms with van der Waals surface area (Å²) < 4.78 is 24.1. The average Bonchev–Trinajstić information content (AvgIpc) is 3.09. The van der Waals surface area contributed by atoms with Gasteiger partial charge in [0.15, 0.2) is 0 Å².